The molecule has 0 saturated carbocycles. The number of carbonyl (C=O) groups is 1. The van der Waals surface area contributed by atoms with Gasteiger partial charge in [0.2, 0.25) is 0 Å². The molecule has 0 spiro atoms. The number of benzene rings is 1. The molecular weight excluding hydrogens is 277 g/mol. The van der Waals surface area contributed by atoms with Crippen molar-refractivity contribution in [3.63, 3.8) is 0 Å². The van der Waals surface area contributed by atoms with Gasteiger partial charge in [-0.25, -0.2) is 4.39 Å². The van der Waals surface area contributed by atoms with E-state index in [0.717, 1.165) is 17.8 Å². The van der Waals surface area contributed by atoms with Gasteiger partial charge in [-0.05, 0) is 19.2 Å². The fraction of sp³-hybridized carbons (Fsp3) is 0.357. The molecule has 1 aromatic heterocycles. The molecule has 0 radical (unpaired) electrons. The standard InChI is InChI=1S/C14H16FN3OS/c1-17-5-7-18(8-6-17)14(19)13-12(16)11-9(15)3-2-4-10(11)20-13/h2-4H,5-8,16H2,1H3. The van der Waals surface area contributed by atoms with Crippen LogP contribution in [0.1, 0.15) is 9.67 Å². The summed E-state index contributed by atoms with van der Waals surface area (Å²) in [5, 5.41) is 0.370. The van der Waals surface area contributed by atoms with Gasteiger partial charge in [0.15, 0.2) is 0 Å². The smallest absolute Gasteiger partial charge is 0.266 e. The van der Waals surface area contributed by atoms with E-state index in [4.69, 9.17) is 5.73 Å². The monoisotopic (exact) mass is 293 g/mol. The first-order chi connectivity index (χ1) is 9.58. The van der Waals surface area contributed by atoms with Crippen LogP contribution in [0.15, 0.2) is 18.2 Å². The molecule has 1 aromatic carbocycles. The maximum absolute atomic E-state index is 13.8. The molecule has 1 aliphatic rings. The van der Waals surface area contributed by atoms with E-state index in [1.165, 1.54) is 17.4 Å². The van der Waals surface area contributed by atoms with Crippen LogP contribution in [0.5, 0.6) is 0 Å². The highest BCUT2D eigenvalue weighted by molar-refractivity contribution is 7.21. The van der Waals surface area contributed by atoms with Crippen LogP contribution in [0.25, 0.3) is 10.1 Å². The first-order valence-electron chi connectivity index (χ1n) is 6.52. The number of hydrogen-bond donors (Lipinski definition) is 1. The maximum Gasteiger partial charge on any atom is 0.266 e. The van der Waals surface area contributed by atoms with Crippen LogP contribution in [0.3, 0.4) is 0 Å². The lowest BCUT2D eigenvalue weighted by atomic mass is 10.2. The Morgan fingerprint density at radius 1 is 1.30 bits per heavy atom. The third-order valence-electron chi connectivity index (χ3n) is 3.69. The zero-order valence-corrected chi connectivity index (χ0v) is 12.0. The first-order valence-corrected chi connectivity index (χ1v) is 7.34. The van der Waals surface area contributed by atoms with Crippen LogP contribution in [0, 0.1) is 5.82 Å². The molecule has 106 valence electrons. The Bertz CT molecular complexity index is 662. The van der Waals surface area contributed by atoms with Crippen LogP contribution in [0.4, 0.5) is 10.1 Å². The zero-order chi connectivity index (χ0) is 14.3. The van der Waals surface area contributed by atoms with E-state index in [1.807, 2.05) is 7.05 Å². The summed E-state index contributed by atoms with van der Waals surface area (Å²) in [4.78, 5) is 16.9. The summed E-state index contributed by atoms with van der Waals surface area (Å²) in [6.45, 7) is 3.08. The van der Waals surface area contributed by atoms with Crippen molar-refractivity contribution in [3.8, 4) is 0 Å². The molecule has 0 unspecified atom stereocenters. The number of nitrogens with two attached hydrogens (primary N) is 1. The van der Waals surface area contributed by atoms with E-state index in [1.54, 1.807) is 17.0 Å². The number of thiophene rings is 1. The molecule has 6 heteroatoms. The van der Waals surface area contributed by atoms with Gasteiger partial charge >= 0.3 is 0 Å². The van der Waals surface area contributed by atoms with Crippen molar-refractivity contribution < 1.29 is 9.18 Å². The lowest BCUT2D eigenvalue weighted by Gasteiger charge is -2.32. The maximum atomic E-state index is 13.8. The summed E-state index contributed by atoms with van der Waals surface area (Å²) < 4.78 is 14.5. The fourth-order valence-corrected chi connectivity index (χ4v) is 3.55. The van der Waals surface area contributed by atoms with E-state index in [9.17, 15) is 9.18 Å². The molecule has 0 bridgehead atoms. The summed E-state index contributed by atoms with van der Waals surface area (Å²) in [5.74, 6) is -0.454. The number of fused-ring (bicyclic) bond motifs is 1. The van der Waals surface area contributed by atoms with E-state index >= 15 is 0 Å². The fourth-order valence-electron chi connectivity index (χ4n) is 2.44. The third-order valence-corrected chi connectivity index (χ3v) is 4.84. The van der Waals surface area contributed by atoms with Crippen LogP contribution in [0.2, 0.25) is 0 Å². The van der Waals surface area contributed by atoms with Crippen molar-refractivity contribution in [2.45, 2.75) is 0 Å². The highest BCUT2D eigenvalue weighted by atomic mass is 32.1. The van der Waals surface area contributed by atoms with Gasteiger partial charge in [0.25, 0.3) is 5.91 Å². The minimum absolute atomic E-state index is 0.0869. The Labute approximate surface area is 120 Å². The average molecular weight is 293 g/mol. The van der Waals surface area contributed by atoms with Crippen LogP contribution >= 0.6 is 11.3 Å². The molecule has 1 amide bonds. The second-order valence-corrected chi connectivity index (χ2v) is 6.11. The summed E-state index contributed by atoms with van der Waals surface area (Å²) >= 11 is 1.27. The molecule has 3 rings (SSSR count). The predicted octanol–water partition coefficient (Wildman–Crippen LogP) is 2.01. The van der Waals surface area contributed by atoms with Gasteiger partial charge < -0.3 is 15.5 Å². The highest BCUT2D eigenvalue weighted by Gasteiger charge is 2.25. The number of piperazine rings is 1. The van der Waals surface area contributed by atoms with Crippen molar-refractivity contribution in [2.24, 2.45) is 0 Å². The molecule has 1 saturated heterocycles. The van der Waals surface area contributed by atoms with Crippen molar-refractivity contribution in [2.75, 3.05) is 39.0 Å². The number of likely N-dealkylation sites (N-methyl/N-ethyl adjacent to an activating group) is 1. The molecule has 4 nitrogen and oxygen atoms in total. The van der Waals surface area contributed by atoms with Crippen LogP contribution in [-0.4, -0.2) is 48.9 Å². The van der Waals surface area contributed by atoms with E-state index < -0.39 is 0 Å². The number of carbonyl (C=O) groups excluding carboxylic acids is 1. The molecule has 2 aromatic rings. The zero-order valence-electron chi connectivity index (χ0n) is 11.2. The van der Waals surface area contributed by atoms with E-state index in [0.29, 0.717) is 23.4 Å². The molecule has 20 heavy (non-hydrogen) atoms. The minimum atomic E-state index is -0.367. The Morgan fingerprint density at radius 2 is 2.00 bits per heavy atom. The third kappa shape index (κ3) is 2.14. The lowest BCUT2D eigenvalue weighted by molar-refractivity contribution is 0.0670. The average Bonchev–Trinajstić information content (AvgIpc) is 2.77. The lowest BCUT2D eigenvalue weighted by Crippen LogP contribution is -2.47. The van der Waals surface area contributed by atoms with Gasteiger partial charge in [-0.15, -0.1) is 11.3 Å². The van der Waals surface area contributed by atoms with Gasteiger partial charge in [0.05, 0.1) is 11.1 Å². The number of nitrogen functional groups attached to an aromatic ring is 1. The van der Waals surface area contributed by atoms with Gasteiger partial charge in [-0.3, -0.25) is 4.79 Å². The van der Waals surface area contributed by atoms with Crippen molar-refractivity contribution in [1.29, 1.82) is 0 Å². The molecule has 2 heterocycles. The normalized spacial score (nSPS) is 16.8. The summed E-state index contributed by atoms with van der Waals surface area (Å²) in [6, 6.07) is 4.80. The number of hydrogen-bond acceptors (Lipinski definition) is 4. The molecule has 0 aliphatic carbocycles. The summed E-state index contributed by atoms with van der Waals surface area (Å²) in [7, 11) is 2.03. The number of nitrogens with zero attached hydrogens (tertiary/aromatic N) is 2. The largest absolute Gasteiger partial charge is 0.397 e. The summed E-state index contributed by atoms with van der Waals surface area (Å²) in [5.41, 5.74) is 6.26. The summed E-state index contributed by atoms with van der Waals surface area (Å²) in [6.07, 6.45) is 0. The van der Waals surface area contributed by atoms with Crippen LogP contribution < -0.4 is 5.73 Å². The van der Waals surface area contributed by atoms with Gasteiger partial charge in [-0.1, -0.05) is 6.07 Å². The predicted molar refractivity (Wildman–Crippen MR) is 79.6 cm³/mol. The molecule has 1 aliphatic heterocycles. The van der Waals surface area contributed by atoms with Gasteiger partial charge in [-0.2, -0.15) is 0 Å². The quantitative estimate of drug-likeness (QED) is 0.875. The number of anilines is 1. The highest BCUT2D eigenvalue weighted by Crippen LogP contribution is 2.36. The molecule has 0 atom stereocenters. The first kappa shape index (κ1) is 13.3. The SMILES string of the molecule is CN1CCN(C(=O)c2sc3cccc(F)c3c2N)CC1. The Kier molecular flexibility index (Phi) is 3.35. The Morgan fingerprint density at radius 3 is 2.65 bits per heavy atom. The van der Waals surface area contributed by atoms with E-state index in [2.05, 4.69) is 4.90 Å². The van der Waals surface area contributed by atoms with Gasteiger partial charge in [0, 0.05) is 30.9 Å². The van der Waals surface area contributed by atoms with E-state index in [-0.39, 0.29) is 17.4 Å². The van der Waals surface area contributed by atoms with Crippen molar-refractivity contribution in [1.82, 2.24) is 9.80 Å². The number of amides is 1. The molecule has 2 N–H and O–H groups in total. The molecular formula is C14H16FN3OS. The second-order valence-electron chi connectivity index (χ2n) is 5.05. The number of halogens is 1. The Hall–Kier alpha value is -1.66. The number of rotatable bonds is 1. The minimum Gasteiger partial charge on any atom is -0.397 e. The van der Waals surface area contributed by atoms with Crippen molar-refractivity contribution >= 4 is 33.0 Å². The van der Waals surface area contributed by atoms with Gasteiger partial charge in [0.1, 0.15) is 10.7 Å². The Balaban J connectivity index is 1.96. The topological polar surface area (TPSA) is 49.6 Å². The van der Waals surface area contributed by atoms with Crippen LogP contribution in [-0.2, 0) is 0 Å². The second kappa shape index (κ2) is 5.03. The molecule has 1 fully saturated rings. The van der Waals surface area contributed by atoms with Crippen molar-refractivity contribution in [3.05, 3.63) is 28.9 Å².